The van der Waals surface area contributed by atoms with Gasteiger partial charge in [-0.25, -0.2) is 9.59 Å². The lowest BCUT2D eigenvalue weighted by molar-refractivity contribution is -0.401. The highest BCUT2D eigenvalue weighted by atomic mass is 32.1. The van der Waals surface area contributed by atoms with Gasteiger partial charge in [0.05, 0.1) is 12.4 Å². The predicted molar refractivity (Wildman–Crippen MR) is 74.3 cm³/mol. The molecule has 0 aromatic carbocycles. The molecule has 21 heavy (non-hydrogen) atoms. The summed E-state index contributed by atoms with van der Waals surface area (Å²) < 4.78 is 17.0. The quantitative estimate of drug-likeness (QED) is 0.414. The molecule has 116 valence electrons. The third-order valence-electron chi connectivity index (χ3n) is 2.81. The van der Waals surface area contributed by atoms with Gasteiger partial charge in [-0.1, -0.05) is 0 Å². The zero-order valence-corrected chi connectivity index (χ0v) is 12.1. The molecule has 1 unspecified atom stereocenters. The van der Waals surface area contributed by atoms with Gasteiger partial charge in [-0.3, -0.25) is 4.57 Å². The van der Waals surface area contributed by atoms with E-state index in [1.165, 1.54) is 16.8 Å². The maximum Gasteiger partial charge on any atom is 0.365 e. The van der Waals surface area contributed by atoms with E-state index < -0.39 is 30.2 Å². The van der Waals surface area contributed by atoms with Gasteiger partial charge in [-0.15, -0.1) is 0 Å². The van der Waals surface area contributed by atoms with Crippen LogP contribution in [-0.4, -0.2) is 46.8 Å². The van der Waals surface area contributed by atoms with E-state index in [1.54, 1.807) is 0 Å². The topological polar surface area (TPSA) is 133 Å². The van der Waals surface area contributed by atoms with E-state index in [9.17, 15) is 9.59 Å². The van der Waals surface area contributed by atoms with Gasteiger partial charge >= 0.3 is 11.7 Å². The second-order valence-corrected chi connectivity index (χ2v) is 4.77. The van der Waals surface area contributed by atoms with Crippen LogP contribution in [0.4, 0.5) is 5.82 Å². The molecule has 0 aliphatic carbocycles. The third kappa shape index (κ3) is 3.94. The second-order valence-electron chi connectivity index (χ2n) is 4.41. The second kappa shape index (κ2) is 6.89. The minimum Gasteiger partial charge on any atom is -0.456 e. The molecule has 0 bridgehead atoms. The van der Waals surface area contributed by atoms with Crippen LogP contribution in [-0.2, 0) is 19.0 Å². The summed E-state index contributed by atoms with van der Waals surface area (Å²) in [5, 5.41) is 0. The van der Waals surface area contributed by atoms with Crippen LogP contribution in [0.25, 0.3) is 0 Å². The van der Waals surface area contributed by atoms with Crippen LogP contribution in [0.1, 0.15) is 6.23 Å². The number of hydrogen-bond acceptors (Lipinski definition) is 8. The summed E-state index contributed by atoms with van der Waals surface area (Å²) in [6.07, 6.45) is 0.102. The van der Waals surface area contributed by atoms with E-state index in [0.717, 1.165) is 0 Å². The first-order valence-electron chi connectivity index (χ1n) is 6.23. The number of carbonyl (C=O) groups excluding carboxylic acids is 1. The van der Waals surface area contributed by atoms with Gasteiger partial charge in [-0.2, -0.15) is 17.6 Å². The molecule has 10 heteroatoms. The Morgan fingerprint density at radius 2 is 2.48 bits per heavy atom. The Hall–Kier alpha value is -1.62. The maximum absolute atomic E-state index is 11.7. The van der Waals surface area contributed by atoms with Gasteiger partial charge < -0.3 is 25.7 Å². The van der Waals surface area contributed by atoms with Crippen molar-refractivity contribution in [3.05, 3.63) is 22.7 Å². The number of rotatable bonds is 5. The lowest BCUT2D eigenvalue weighted by Gasteiger charge is -2.14. The van der Waals surface area contributed by atoms with Crippen molar-refractivity contribution in [3.8, 4) is 0 Å². The Morgan fingerprint density at radius 1 is 1.71 bits per heavy atom. The van der Waals surface area contributed by atoms with Crippen molar-refractivity contribution in [1.29, 1.82) is 0 Å². The van der Waals surface area contributed by atoms with Crippen molar-refractivity contribution in [3.63, 3.8) is 0 Å². The lowest BCUT2D eigenvalue weighted by Crippen LogP contribution is -2.66. The fourth-order valence-electron chi connectivity index (χ4n) is 1.66. The van der Waals surface area contributed by atoms with Gasteiger partial charge in [0.25, 0.3) is 0 Å². The van der Waals surface area contributed by atoms with Crippen molar-refractivity contribution in [1.82, 2.24) is 9.55 Å². The standard InChI is InChI=1S/C11H16N4O5S/c12-6(5-21)10(16)19-4-9-18-3-8(20-9)15-2-1-7(13)14-11(15)17/h1-2,6,8-9,21H,3-5,12H2,(H2,13,14,17)/p+1/t6?,8-,9-/m0/s1. The number of hydrogen-bond donors (Lipinski definition) is 3. The molecule has 0 radical (unpaired) electrons. The highest BCUT2D eigenvalue weighted by Crippen LogP contribution is 2.19. The minimum atomic E-state index is -0.740. The molecule has 9 nitrogen and oxygen atoms in total. The molecule has 1 saturated heterocycles. The zero-order valence-electron chi connectivity index (χ0n) is 11.2. The van der Waals surface area contributed by atoms with E-state index in [0.29, 0.717) is 5.75 Å². The molecule has 5 N–H and O–H groups in total. The molecule has 0 saturated carbocycles. The molecule has 0 amide bonds. The number of aromatic nitrogens is 2. The molecular formula is C11H17N4O5S+. The molecule has 3 atom stereocenters. The summed E-state index contributed by atoms with van der Waals surface area (Å²) >= 11 is 3.96. The fraction of sp³-hybridized carbons (Fsp3) is 0.545. The average Bonchev–Trinajstić information content (AvgIpc) is 2.92. The van der Waals surface area contributed by atoms with Crippen LogP contribution in [0.15, 0.2) is 17.1 Å². The largest absolute Gasteiger partial charge is 0.456 e. The van der Waals surface area contributed by atoms with Gasteiger partial charge in [0.2, 0.25) is 0 Å². The van der Waals surface area contributed by atoms with Crippen LogP contribution < -0.4 is 17.2 Å². The van der Waals surface area contributed by atoms with Crippen molar-refractivity contribution < 1.29 is 24.7 Å². The summed E-state index contributed by atoms with van der Waals surface area (Å²) in [5.74, 6) is -0.0544. The van der Waals surface area contributed by atoms with Crippen molar-refractivity contribution in [2.75, 3.05) is 24.7 Å². The predicted octanol–water partition coefficient (Wildman–Crippen LogP) is -2.22. The van der Waals surface area contributed by atoms with Crippen LogP contribution in [0.2, 0.25) is 0 Å². The highest BCUT2D eigenvalue weighted by Gasteiger charge is 2.30. The zero-order chi connectivity index (χ0) is 15.4. The Labute approximate surface area is 125 Å². The smallest absolute Gasteiger partial charge is 0.365 e. The lowest BCUT2D eigenvalue weighted by atomic mass is 10.4. The number of thiol groups is 1. The van der Waals surface area contributed by atoms with Crippen LogP contribution >= 0.6 is 12.6 Å². The molecule has 1 aromatic rings. The van der Waals surface area contributed by atoms with Gasteiger partial charge in [0, 0.05) is 6.20 Å². The van der Waals surface area contributed by atoms with Crippen LogP contribution in [0.5, 0.6) is 0 Å². The van der Waals surface area contributed by atoms with Crippen molar-refractivity contribution in [2.45, 2.75) is 18.6 Å². The summed E-state index contributed by atoms with van der Waals surface area (Å²) in [6, 6.07) is 0.937. The van der Waals surface area contributed by atoms with Gasteiger partial charge in [-0.05, 0) is 6.07 Å². The first-order chi connectivity index (χ1) is 10.0. The number of nitrogens with two attached hydrogens (primary N) is 1. The number of carbonyl (C=O) groups is 1. The van der Waals surface area contributed by atoms with Gasteiger partial charge in [0.1, 0.15) is 12.4 Å². The summed E-state index contributed by atoms with van der Waals surface area (Å²) in [4.78, 5) is 26.7. The Balaban J connectivity index is 1.89. The van der Waals surface area contributed by atoms with Crippen LogP contribution in [0, 0.1) is 0 Å². The maximum atomic E-state index is 11.7. The number of ether oxygens (including phenoxy) is 3. The third-order valence-corrected chi connectivity index (χ3v) is 3.25. The average molecular weight is 317 g/mol. The fourth-order valence-corrected chi connectivity index (χ4v) is 1.81. The van der Waals surface area contributed by atoms with Gasteiger partial charge in [0.15, 0.2) is 18.6 Å². The van der Waals surface area contributed by atoms with Crippen molar-refractivity contribution in [2.24, 2.45) is 0 Å². The van der Waals surface area contributed by atoms with E-state index in [2.05, 4.69) is 23.3 Å². The minimum absolute atomic E-state index is 0.0771. The first-order valence-corrected chi connectivity index (χ1v) is 6.87. The van der Waals surface area contributed by atoms with E-state index >= 15 is 0 Å². The summed E-state index contributed by atoms with van der Waals surface area (Å²) in [6.45, 7) is 0.0698. The highest BCUT2D eigenvalue weighted by molar-refractivity contribution is 7.80. The number of quaternary nitrogens is 1. The van der Waals surface area contributed by atoms with Crippen molar-refractivity contribution >= 4 is 24.4 Å². The molecular weight excluding hydrogens is 300 g/mol. The first kappa shape index (κ1) is 15.8. The van der Waals surface area contributed by atoms with E-state index in [-0.39, 0.29) is 19.0 Å². The summed E-state index contributed by atoms with van der Waals surface area (Å²) in [7, 11) is 0. The Kier molecular flexibility index (Phi) is 5.17. The molecule has 2 heterocycles. The number of anilines is 1. The van der Waals surface area contributed by atoms with Crippen LogP contribution in [0.3, 0.4) is 0 Å². The van der Waals surface area contributed by atoms with E-state index in [4.69, 9.17) is 19.9 Å². The monoisotopic (exact) mass is 317 g/mol. The SMILES string of the molecule is Nc1ccn([C@@H]2CO[C@H](COC(=O)C([NH3+])CS)O2)c(=O)n1. The Morgan fingerprint density at radius 3 is 3.14 bits per heavy atom. The number of nitrogen functional groups attached to an aromatic ring is 1. The molecule has 1 fully saturated rings. The number of nitrogens with zero attached hydrogens (tertiary/aromatic N) is 2. The Bertz CT molecular complexity index is 566. The summed E-state index contributed by atoms with van der Waals surface area (Å²) in [5.41, 5.74) is 8.46. The normalized spacial score (nSPS) is 23.0. The molecule has 2 rings (SSSR count). The molecule has 1 aliphatic heterocycles. The van der Waals surface area contributed by atoms with E-state index in [1.807, 2.05) is 0 Å². The molecule has 0 spiro atoms. The molecule has 1 aliphatic rings. The number of esters is 1. The molecule has 1 aromatic heterocycles.